The molecule has 0 aliphatic rings. The fourth-order valence-corrected chi connectivity index (χ4v) is 2.24. The Morgan fingerprint density at radius 2 is 1.78 bits per heavy atom. The van der Waals surface area contributed by atoms with Crippen molar-refractivity contribution in [3.63, 3.8) is 0 Å². The normalized spacial score (nSPS) is 12.2. The molecule has 0 heterocycles. The van der Waals surface area contributed by atoms with Crippen molar-refractivity contribution in [2.24, 2.45) is 5.73 Å². The standard InChI is InChI=1S/C14H13Cl2NO/c1-9(17)18-14-12(7-11(15)8-13(14)16)10-5-3-2-4-6-10/h2-9H,17H2,1H3. The van der Waals surface area contributed by atoms with Crippen molar-refractivity contribution in [2.45, 2.75) is 13.2 Å². The van der Waals surface area contributed by atoms with Crippen molar-refractivity contribution < 1.29 is 4.74 Å². The van der Waals surface area contributed by atoms with Crippen LogP contribution in [0.3, 0.4) is 0 Å². The molecule has 0 amide bonds. The number of hydrogen-bond acceptors (Lipinski definition) is 2. The number of benzene rings is 2. The molecule has 2 rings (SSSR count). The van der Waals surface area contributed by atoms with Crippen LogP contribution in [0, 0.1) is 0 Å². The molecule has 0 fully saturated rings. The van der Waals surface area contributed by atoms with Crippen LogP contribution in [0.25, 0.3) is 11.1 Å². The van der Waals surface area contributed by atoms with Crippen LogP contribution in [0.4, 0.5) is 0 Å². The van der Waals surface area contributed by atoms with Gasteiger partial charge in [-0.3, -0.25) is 5.73 Å². The molecule has 2 aromatic rings. The predicted molar refractivity (Wildman–Crippen MR) is 76.2 cm³/mol. The summed E-state index contributed by atoms with van der Waals surface area (Å²) in [5.74, 6) is 0.558. The van der Waals surface area contributed by atoms with E-state index >= 15 is 0 Å². The van der Waals surface area contributed by atoms with Gasteiger partial charge in [0.1, 0.15) is 12.0 Å². The van der Waals surface area contributed by atoms with E-state index in [0.29, 0.717) is 15.8 Å². The van der Waals surface area contributed by atoms with E-state index in [-0.39, 0.29) is 0 Å². The lowest BCUT2D eigenvalue weighted by atomic mass is 10.0. The molecule has 2 N–H and O–H groups in total. The Labute approximate surface area is 116 Å². The number of ether oxygens (including phenoxy) is 1. The zero-order valence-corrected chi connectivity index (χ0v) is 11.4. The molecule has 2 aromatic carbocycles. The molecule has 4 heteroatoms. The smallest absolute Gasteiger partial charge is 0.148 e. The average Bonchev–Trinajstić information content (AvgIpc) is 2.33. The Bertz CT molecular complexity index is 541. The third-order valence-corrected chi connectivity index (χ3v) is 2.90. The van der Waals surface area contributed by atoms with Crippen molar-refractivity contribution in [3.05, 3.63) is 52.5 Å². The van der Waals surface area contributed by atoms with E-state index in [1.807, 2.05) is 36.4 Å². The van der Waals surface area contributed by atoms with E-state index in [0.717, 1.165) is 11.1 Å². The zero-order valence-electron chi connectivity index (χ0n) is 9.86. The predicted octanol–water partition coefficient (Wildman–Crippen LogP) is 4.34. The Morgan fingerprint density at radius 1 is 1.11 bits per heavy atom. The summed E-state index contributed by atoms with van der Waals surface area (Å²) in [7, 11) is 0. The van der Waals surface area contributed by atoms with Crippen LogP contribution in [-0.4, -0.2) is 6.23 Å². The van der Waals surface area contributed by atoms with Gasteiger partial charge in [0.25, 0.3) is 0 Å². The lowest BCUT2D eigenvalue weighted by molar-refractivity contribution is 0.231. The van der Waals surface area contributed by atoms with E-state index in [1.54, 1.807) is 13.0 Å². The maximum Gasteiger partial charge on any atom is 0.148 e. The van der Waals surface area contributed by atoms with E-state index in [4.69, 9.17) is 33.7 Å². The SMILES string of the molecule is CC(N)Oc1c(Cl)cc(Cl)cc1-c1ccccc1. The molecular formula is C14H13Cl2NO. The van der Waals surface area contributed by atoms with Crippen LogP contribution in [0.15, 0.2) is 42.5 Å². The highest BCUT2D eigenvalue weighted by atomic mass is 35.5. The molecule has 0 spiro atoms. The quantitative estimate of drug-likeness (QED) is 0.850. The Hall–Kier alpha value is -1.22. The molecule has 0 radical (unpaired) electrons. The van der Waals surface area contributed by atoms with Crippen molar-refractivity contribution in [1.29, 1.82) is 0 Å². The van der Waals surface area contributed by atoms with Crippen LogP contribution >= 0.6 is 23.2 Å². The molecule has 0 aliphatic heterocycles. The van der Waals surface area contributed by atoms with E-state index < -0.39 is 6.23 Å². The van der Waals surface area contributed by atoms with E-state index in [2.05, 4.69) is 0 Å². The summed E-state index contributed by atoms with van der Waals surface area (Å²) in [4.78, 5) is 0. The highest BCUT2D eigenvalue weighted by Crippen LogP contribution is 2.39. The molecule has 0 bridgehead atoms. The molecule has 0 aromatic heterocycles. The van der Waals surface area contributed by atoms with Gasteiger partial charge in [-0.2, -0.15) is 0 Å². The van der Waals surface area contributed by atoms with Crippen LogP contribution in [-0.2, 0) is 0 Å². The number of halogens is 2. The average molecular weight is 282 g/mol. The Kier molecular flexibility index (Phi) is 4.12. The van der Waals surface area contributed by atoms with Gasteiger partial charge in [-0.15, -0.1) is 0 Å². The molecule has 0 saturated carbocycles. The lowest BCUT2D eigenvalue weighted by Crippen LogP contribution is -2.22. The first-order chi connectivity index (χ1) is 8.58. The third kappa shape index (κ3) is 2.96. The first-order valence-corrected chi connectivity index (χ1v) is 6.30. The molecular weight excluding hydrogens is 269 g/mol. The maximum absolute atomic E-state index is 6.16. The number of nitrogens with two attached hydrogens (primary N) is 1. The largest absolute Gasteiger partial charge is 0.474 e. The van der Waals surface area contributed by atoms with E-state index in [9.17, 15) is 0 Å². The van der Waals surface area contributed by atoms with Gasteiger partial charge >= 0.3 is 0 Å². The van der Waals surface area contributed by atoms with Crippen molar-refractivity contribution in [2.75, 3.05) is 0 Å². The van der Waals surface area contributed by atoms with Crippen molar-refractivity contribution in [1.82, 2.24) is 0 Å². The second kappa shape index (κ2) is 5.61. The van der Waals surface area contributed by atoms with Crippen LogP contribution in [0.2, 0.25) is 10.0 Å². The highest BCUT2D eigenvalue weighted by Gasteiger charge is 2.13. The number of rotatable bonds is 3. The molecule has 1 atom stereocenters. The van der Waals surface area contributed by atoms with Gasteiger partial charge in [0, 0.05) is 10.6 Å². The topological polar surface area (TPSA) is 35.2 Å². The van der Waals surface area contributed by atoms with Gasteiger partial charge in [0.15, 0.2) is 0 Å². The fraction of sp³-hybridized carbons (Fsp3) is 0.143. The Morgan fingerprint density at radius 3 is 2.39 bits per heavy atom. The van der Waals surface area contributed by atoms with E-state index in [1.165, 1.54) is 0 Å². The molecule has 0 saturated heterocycles. The third-order valence-electron chi connectivity index (χ3n) is 2.40. The lowest BCUT2D eigenvalue weighted by Gasteiger charge is -2.16. The molecule has 0 aliphatic carbocycles. The first-order valence-electron chi connectivity index (χ1n) is 5.54. The summed E-state index contributed by atoms with van der Waals surface area (Å²) in [6.07, 6.45) is -0.439. The van der Waals surface area contributed by atoms with Gasteiger partial charge in [-0.05, 0) is 24.6 Å². The Balaban J connectivity index is 2.57. The van der Waals surface area contributed by atoms with Gasteiger partial charge in [-0.1, -0.05) is 53.5 Å². The van der Waals surface area contributed by atoms with Crippen LogP contribution in [0.5, 0.6) is 5.75 Å². The zero-order chi connectivity index (χ0) is 13.1. The minimum Gasteiger partial charge on any atom is -0.474 e. The molecule has 1 unspecified atom stereocenters. The van der Waals surface area contributed by atoms with Gasteiger partial charge in [0.2, 0.25) is 0 Å². The summed E-state index contributed by atoms with van der Waals surface area (Å²) in [6, 6.07) is 13.2. The van der Waals surface area contributed by atoms with Gasteiger partial charge in [-0.25, -0.2) is 0 Å². The highest BCUT2D eigenvalue weighted by molar-refractivity contribution is 6.36. The minimum atomic E-state index is -0.439. The summed E-state index contributed by atoms with van der Waals surface area (Å²) < 4.78 is 5.57. The summed E-state index contributed by atoms with van der Waals surface area (Å²) >= 11 is 12.2. The maximum atomic E-state index is 6.16. The summed E-state index contributed by atoms with van der Waals surface area (Å²) in [6.45, 7) is 1.75. The van der Waals surface area contributed by atoms with Gasteiger partial charge in [0.05, 0.1) is 5.02 Å². The minimum absolute atomic E-state index is 0.439. The second-order valence-corrected chi connectivity index (χ2v) is 4.80. The molecule has 2 nitrogen and oxygen atoms in total. The van der Waals surface area contributed by atoms with Crippen molar-refractivity contribution in [3.8, 4) is 16.9 Å². The molecule has 18 heavy (non-hydrogen) atoms. The fourth-order valence-electron chi connectivity index (χ4n) is 1.70. The van der Waals surface area contributed by atoms with Gasteiger partial charge < -0.3 is 4.74 Å². The van der Waals surface area contributed by atoms with Crippen molar-refractivity contribution >= 4 is 23.2 Å². The number of hydrogen-bond donors (Lipinski definition) is 1. The molecule has 94 valence electrons. The van der Waals surface area contributed by atoms with Crippen LogP contribution < -0.4 is 10.5 Å². The summed E-state index contributed by atoms with van der Waals surface area (Å²) in [5, 5.41) is 1.02. The monoisotopic (exact) mass is 281 g/mol. The first kappa shape index (κ1) is 13.2. The van der Waals surface area contributed by atoms with Crippen LogP contribution in [0.1, 0.15) is 6.92 Å². The summed E-state index contributed by atoms with van der Waals surface area (Å²) in [5.41, 5.74) is 7.49. The second-order valence-electron chi connectivity index (χ2n) is 3.95.